The van der Waals surface area contributed by atoms with Crippen LogP contribution in [0.25, 0.3) is 22.3 Å². The fourth-order valence-corrected chi connectivity index (χ4v) is 5.90. The lowest BCUT2D eigenvalue weighted by atomic mass is 9.90. The van der Waals surface area contributed by atoms with Crippen molar-refractivity contribution in [2.24, 2.45) is 0 Å². The van der Waals surface area contributed by atoms with Gasteiger partial charge in [-0.2, -0.15) is 5.26 Å². The molecule has 0 fully saturated rings. The molecule has 0 amide bonds. The summed E-state index contributed by atoms with van der Waals surface area (Å²) in [6, 6.07) is 18.2. The van der Waals surface area contributed by atoms with E-state index in [9.17, 15) is 0 Å². The van der Waals surface area contributed by atoms with E-state index in [1.807, 2.05) is 12.1 Å². The zero-order valence-corrected chi connectivity index (χ0v) is 25.5. The number of ether oxygens (including phenoxy) is 1. The van der Waals surface area contributed by atoms with Gasteiger partial charge in [0.05, 0.1) is 11.6 Å². The Bertz CT molecular complexity index is 1710. The van der Waals surface area contributed by atoms with Crippen LogP contribution in [0.2, 0.25) is 0 Å². The number of benzene rings is 3. The Kier molecular flexibility index (Phi) is 9.87. The van der Waals surface area contributed by atoms with Crippen molar-refractivity contribution in [2.75, 3.05) is 7.05 Å². The number of halogens is 3. The van der Waals surface area contributed by atoms with Crippen molar-refractivity contribution in [1.29, 1.82) is 5.26 Å². The average molecular weight is 680 g/mol. The Morgan fingerprint density at radius 3 is 2.71 bits per heavy atom. The normalized spacial score (nSPS) is 12.0. The van der Waals surface area contributed by atoms with Gasteiger partial charge in [-0.25, -0.2) is 13.8 Å². The third kappa shape index (κ3) is 6.82. The number of unbranched alkanes of at least 4 members (excludes halogenated alkanes) is 4. The Morgan fingerprint density at radius 2 is 1.90 bits per heavy atom. The number of nitriles is 1. The summed E-state index contributed by atoms with van der Waals surface area (Å²) in [5.74, 6) is -0.108. The van der Waals surface area contributed by atoms with Gasteiger partial charge in [0.2, 0.25) is 0 Å². The van der Waals surface area contributed by atoms with Gasteiger partial charge in [0.15, 0.2) is 11.6 Å². The molecule has 42 heavy (non-hydrogen) atoms. The SMILES string of the molecule is CNCc1c(Oc2ccc(F)c(-c3ncc(C(CCCCCCC#N)c4cccc(I)c4)[nH]3)c2)c(F)cc2[nH]ccc12. The molecule has 5 rings (SSSR count). The van der Waals surface area contributed by atoms with Gasteiger partial charge < -0.3 is 20.0 Å². The Hall–Kier alpha value is -3.75. The molecule has 0 radical (unpaired) electrons. The number of aromatic nitrogens is 3. The van der Waals surface area contributed by atoms with Crippen molar-refractivity contribution in [3.63, 3.8) is 0 Å². The van der Waals surface area contributed by atoms with Crippen LogP contribution in [-0.4, -0.2) is 22.0 Å². The van der Waals surface area contributed by atoms with Crippen LogP contribution in [0.1, 0.15) is 61.3 Å². The van der Waals surface area contributed by atoms with Gasteiger partial charge >= 0.3 is 0 Å². The van der Waals surface area contributed by atoms with Crippen molar-refractivity contribution in [1.82, 2.24) is 20.3 Å². The minimum absolute atomic E-state index is 0.0608. The van der Waals surface area contributed by atoms with E-state index in [2.05, 4.69) is 67.1 Å². The van der Waals surface area contributed by atoms with Gasteiger partial charge in [0.25, 0.3) is 0 Å². The number of H-pyrrole nitrogens is 2. The molecule has 3 aromatic carbocycles. The van der Waals surface area contributed by atoms with E-state index in [1.54, 1.807) is 25.5 Å². The van der Waals surface area contributed by atoms with E-state index in [0.29, 0.717) is 35.6 Å². The fourth-order valence-electron chi connectivity index (χ4n) is 5.33. The molecule has 1 unspecified atom stereocenters. The Labute approximate surface area is 257 Å². The molecule has 216 valence electrons. The van der Waals surface area contributed by atoms with E-state index in [-0.39, 0.29) is 17.2 Å². The lowest BCUT2D eigenvalue weighted by Crippen LogP contribution is -2.08. The van der Waals surface area contributed by atoms with Crippen LogP contribution in [0.3, 0.4) is 0 Å². The highest BCUT2D eigenvalue weighted by molar-refractivity contribution is 14.1. The molecule has 9 heteroatoms. The first-order valence-corrected chi connectivity index (χ1v) is 15.1. The van der Waals surface area contributed by atoms with Crippen LogP contribution in [0.4, 0.5) is 8.78 Å². The zero-order valence-electron chi connectivity index (χ0n) is 23.3. The maximum atomic E-state index is 15.2. The van der Waals surface area contributed by atoms with Gasteiger partial charge in [-0.15, -0.1) is 0 Å². The number of hydrogen-bond acceptors (Lipinski definition) is 4. The molecular weight excluding hydrogens is 647 g/mol. The van der Waals surface area contributed by atoms with E-state index in [4.69, 9.17) is 10.00 Å². The Balaban J connectivity index is 1.42. The van der Waals surface area contributed by atoms with Gasteiger partial charge in [0, 0.05) is 63.1 Å². The molecule has 0 aliphatic heterocycles. The molecule has 6 nitrogen and oxygen atoms in total. The van der Waals surface area contributed by atoms with E-state index >= 15 is 8.78 Å². The van der Waals surface area contributed by atoms with Crippen molar-refractivity contribution in [3.05, 3.63) is 99.0 Å². The lowest BCUT2D eigenvalue weighted by molar-refractivity contribution is 0.435. The van der Waals surface area contributed by atoms with E-state index < -0.39 is 11.6 Å². The first kappa shape index (κ1) is 29.7. The fraction of sp³-hybridized carbons (Fsp3) is 0.273. The number of nitrogens with zero attached hydrogens (tertiary/aromatic N) is 2. The van der Waals surface area contributed by atoms with Crippen molar-refractivity contribution < 1.29 is 13.5 Å². The van der Waals surface area contributed by atoms with Crippen LogP contribution in [-0.2, 0) is 6.54 Å². The molecule has 5 aromatic rings. The maximum Gasteiger partial charge on any atom is 0.168 e. The third-order valence-corrected chi connectivity index (χ3v) is 8.06. The number of aromatic amines is 2. The summed E-state index contributed by atoms with van der Waals surface area (Å²) in [6.45, 7) is 0.398. The van der Waals surface area contributed by atoms with Crippen LogP contribution < -0.4 is 10.1 Å². The van der Waals surface area contributed by atoms with Crippen LogP contribution in [0.5, 0.6) is 11.5 Å². The minimum atomic E-state index is -0.505. The average Bonchev–Trinajstić information content (AvgIpc) is 3.65. The molecular formula is C33H32F2IN5O. The van der Waals surface area contributed by atoms with Crippen molar-refractivity contribution in [2.45, 2.75) is 51.0 Å². The largest absolute Gasteiger partial charge is 0.454 e. The highest BCUT2D eigenvalue weighted by Crippen LogP contribution is 2.37. The molecule has 0 aliphatic carbocycles. The summed E-state index contributed by atoms with van der Waals surface area (Å²) in [5, 5.41) is 12.7. The standard InChI is InChI=1S/C33H32F2IN5O/c1-38-19-27-25-13-15-39-30(25)18-29(35)32(27)42-23-11-12-28(34)26(17-23)33-40-20-31(41-33)24(10-5-3-2-4-6-14-37)21-8-7-9-22(36)16-21/h7-9,11-13,15-18,20,24,38-39H,2-6,10,19H2,1H3,(H,40,41). The second-order valence-corrected chi connectivity index (χ2v) is 11.5. The first-order chi connectivity index (χ1) is 20.5. The third-order valence-electron chi connectivity index (χ3n) is 7.39. The smallest absolute Gasteiger partial charge is 0.168 e. The lowest BCUT2D eigenvalue weighted by Gasteiger charge is -2.16. The first-order valence-electron chi connectivity index (χ1n) is 14.1. The summed E-state index contributed by atoms with van der Waals surface area (Å²) in [6.07, 6.45) is 8.99. The molecule has 2 heterocycles. The number of fused-ring (bicyclic) bond motifs is 1. The highest BCUT2D eigenvalue weighted by Gasteiger charge is 2.21. The molecule has 0 saturated heterocycles. The topological polar surface area (TPSA) is 89.5 Å². The monoisotopic (exact) mass is 679 g/mol. The second kappa shape index (κ2) is 13.9. The number of nitrogens with one attached hydrogen (secondary N) is 3. The van der Waals surface area contributed by atoms with Gasteiger partial charge in [0.1, 0.15) is 17.4 Å². The molecule has 0 bridgehead atoms. The molecule has 1 atom stereocenters. The van der Waals surface area contributed by atoms with Crippen LogP contribution in [0, 0.1) is 26.5 Å². The summed E-state index contributed by atoms with van der Waals surface area (Å²) >= 11 is 2.31. The van der Waals surface area contributed by atoms with Crippen LogP contribution in [0.15, 0.2) is 67.0 Å². The van der Waals surface area contributed by atoms with Crippen molar-refractivity contribution in [3.8, 4) is 29.0 Å². The molecule has 2 aromatic heterocycles. The summed E-state index contributed by atoms with van der Waals surface area (Å²) in [7, 11) is 1.79. The second-order valence-electron chi connectivity index (χ2n) is 10.3. The highest BCUT2D eigenvalue weighted by atomic mass is 127. The number of hydrogen-bond donors (Lipinski definition) is 3. The predicted molar refractivity (Wildman–Crippen MR) is 169 cm³/mol. The maximum absolute atomic E-state index is 15.2. The number of imidazole rings is 1. The van der Waals surface area contributed by atoms with Gasteiger partial charge in [-0.05, 0) is 84.4 Å². The van der Waals surface area contributed by atoms with Crippen molar-refractivity contribution >= 4 is 33.5 Å². The number of rotatable bonds is 13. The van der Waals surface area contributed by atoms with Crippen LogP contribution >= 0.6 is 22.6 Å². The molecule has 0 aliphatic rings. The minimum Gasteiger partial charge on any atom is -0.454 e. The van der Waals surface area contributed by atoms with E-state index in [1.165, 1.54) is 23.8 Å². The molecule has 0 saturated carbocycles. The van der Waals surface area contributed by atoms with Gasteiger partial charge in [-0.3, -0.25) is 0 Å². The molecule has 3 N–H and O–H groups in total. The zero-order chi connectivity index (χ0) is 29.5. The summed E-state index contributed by atoms with van der Waals surface area (Å²) < 4.78 is 37.5. The molecule has 0 spiro atoms. The summed E-state index contributed by atoms with van der Waals surface area (Å²) in [5.41, 5.74) is 3.66. The quantitative estimate of drug-likeness (QED) is 0.0857. The van der Waals surface area contributed by atoms with E-state index in [0.717, 1.165) is 46.8 Å². The Morgan fingerprint density at radius 1 is 1.05 bits per heavy atom. The van der Waals surface area contributed by atoms with Gasteiger partial charge in [-0.1, -0.05) is 31.4 Å². The predicted octanol–water partition coefficient (Wildman–Crippen LogP) is 8.95. The summed E-state index contributed by atoms with van der Waals surface area (Å²) in [4.78, 5) is 11.0.